The second-order valence-corrected chi connectivity index (χ2v) is 6.49. The third kappa shape index (κ3) is 4.36. The average molecular weight is 359 g/mol. The van der Waals surface area contributed by atoms with E-state index in [1.807, 2.05) is 31.1 Å². The summed E-state index contributed by atoms with van der Waals surface area (Å²) in [5.41, 5.74) is 0.860. The van der Waals surface area contributed by atoms with Crippen LogP contribution in [0.1, 0.15) is 12.1 Å². The van der Waals surface area contributed by atoms with Crippen molar-refractivity contribution in [3.8, 4) is 6.01 Å². The summed E-state index contributed by atoms with van der Waals surface area (Å²) in [6.45, 7) is 1.88. The van der Waals surface area contributed by atoms with Gasteiger partial charge < -0.3 is 25.0 Å². The molecular weight excluding hydrogens is 334 g/mol. The SMILES string of the molecule is COc1nccc(CNC[C@H]2C[C@@H](O)CN2c2cc(N(C)C)ncn2)n1. The van der Waals surface area contributed by atoms with Crippen molar-refractivity contribution in [1.82, 2.24) is 25.3 Å². The van der Waals surface area contributed by atoms with E-state index in [9.17, 15) is 5.11 Å². The average Bonchev–Trinajstić information content (AvgIpc) is 3.02. The van der Waals surface area contributed by atoms with Crippen molar-refractivity contribution in [3.05, 3.63) is 30.4 Å². The molecule has 0 radical (unpaired) electrons. The zero-order valence-electron chi connectivity index (χ0n) is 15.3. The van der Waals surface area contributed by atoms with Crippen molar-refractivity contribution in [1.29, 1.82) is 0 Å². The lowest BCUT2D eigenvalue weighted by Gasteiger charge is -2.26. The molecule has 26 heavy (non-hydrogen) atoms. The molecular formula is C17H25N7O2. The Morgan fingerprint density at radius 1 is 1.35 bits per heavy atom. The standard InChI is InChI=1S/C17H25N7O2/c1-23(2)15-7-16(21-11-20-15)24-10-14(25)6-13(24)9-18-8-12-4-5-19-17(22-12)26-3/h4-5,7,11,13-14,18,25H,6,8-10H2,1-3H3/t13-,14-/m1/s1. The first-order valence-corrected chi connectivity index (χ1v) is 8.57. The van der Waals surface area contributed by atoms with Crippen molar-refractivity contribution in [2.45, 2.75) is 25.1 Å². The summed E-state index contributed by atoms with van der Waals surface area (Å²) in [6.07, 6.45) is 3.57. The molecule has 9 nitrogen and oxygen atoms in total. The van der Waals surface area contributed by atoms with E-state index >= 15 is 0 Å². The van der Waals surface area contributed by atoms with Gasteiger partial charge in [-0.15, -0.1) is 0 Å². The molecule has 0 aromatic carbocycles. The fourth-order valence-electron chi connectivity index (χ4n) is 3.04. The number of aromatic nitrogens is 4. The number of β-amino-alcohol motifs (C(OH)–C–C–N with tert-alkyl or cyclic N) is 1. The highest BCUT2D eigenvalue weighted by Crippen LogP contribution is 2.25. The molecule has 2 atom stereocenters. The molecule has 1 aliphatic rings. The fraction of sp³-hybridized carbons (Fsp3) is 0.529. The number of hydrogen-bond donors (Lipinski definition) is 2. The number of hydrogen-bond acceptors (Lipinski definition) is 9. The molecule has 0 aliphatic carbocycles. The van der Waals surface area contributed by atoms with Gasteiger partial charge in [0.1, 0.15) is 18.0 Å². The number of nitrogens with one attached hydrogen (secondary N) is 1. The maximum absolute atomic E-state index is 10.1. The van der Waals surface area contributed by atoms with Crippen molar-refractivity contribution in [2.75, 3.05) is 44.1 Å². The first-order valence-electron chi connectivity index (χ1n) is 8.57. The van der Waals surface area contributed by atoms with Gasteiger partial charge in [0, 0.05) is 52.0 Å². The van der Waals surface area contributed by atoms with Crippen LogP contribution >= 0.6 is 0 Å². The minimum atomic E-state index is -0.362. The lowest BCUT2D eigenvalue weighted by molar-refractivity contribution is 0.194. The van der Waals surface area contributed by atoms with E-state index in [0.29, 0.717) is 32.1 Å². The smallest absolute Gasteiger partial charge is 0.316 e. The molecule has 0 bridgehead atoms. The Morgan fingerprint density at radius 3 is 2.96 bits per heavy atom. The van der Waals surface area contributed by atoms with Crippen LogP contribution in [0, 0.1) is 0 Å². The summed E-state index contributed by atoms with van der Waals surface area (Å²) >= 11 is 0. The third-order valence-corrected chi connectivity index (χ3v) is 4.34. The molecule has 3 rings (SSSR count). The van der Waals surface area contributed by atoms with Crippen LogP contribution in [0.4, 0.5) is 11.6 Å². The van der Waals surface area contributed by atoms with Crippen LogP contribution in [-0.4, -0.2) is 71.5 Å². The maximum atomic E-state index is 10.1. The van der Waals surface area contributed by atoms with Crippen LogP contribution in [0.3, 0.4) is 0 Å². The summed E-state index contributed by atoms with van der Waals surface area (Å²) in [5.74, 6) is 1.67. The van der Waals surface area contributed by atoms with Crippen molar-refractivity contribution in [2.24, 2.45) is 0 Å². The fourth-order valence-corrected chi connectivity index (χ4v) is 3.04. The Labute approximate surface area is 153 Å². The Morgan fingerprint density at radius 2 is 2.19 bits per heavy atom. The van der Waals surface area contributed by atoms with Crippen molar-refractivity contribution in [3.63, 3.8) is 0 Å². The third-order valence-electron chi connectivity index (χ3n) is 4.34. The number of nitrogens with zero attached hydrogens (tertiary/aromatic N) is 6. The zero-order valence-corrected chi connectivity index (χ0v) is 15.3. The largest absolute Gasteiger partial charge is 0.467 e. The van der Waals surface area contributed by atoms with Crippen LogP contribution in [0.5, 0.6) is 6.01 Å². The Bertz CT molecular complexity index is 728. The van der Waals surface area contributed by atoms with E-state index < -0.39 is 0 Å². The van der Waals surface area contributed by atoms with Crippen molar-refractivity contribution < 1.29 is 9.84 Å². The van der Waals surface area contributed by atoms with E-state index in [-0.39, 0.29) is 12.1 Å². The van der Waals surface area contributed by atoms with E-state index in [4.69, 9.17) is 4.74 Å². The molecule has 0 unspecified atom stereocenters. The Balaban J connectivity index is 1.63. The first-order chi connectivity index (χ1) is 12.6. The van der Waals surface area contributed by atoms with E-state index in [1.165, 1.54) is 0 Å². The van der Waals surface area contributed by atoms with Gasteiger partial charge in [-0.1, -0.05) is 0 Å². The lowest BCUT2D eigenvalue weighted by atomic mass is 10.2. The van der Waals surface area contributed by atoms with Gasteiger partial charge in [-0.2, -0.15) is 4.98 Å². The predicted molar refractivity (Wildman–Crippen MR) is 98.4 cm³/mol. The Kier molecular flexibility index (Phi) is 5.79. The molecule has 1 saturated heterocycles. The molecule has 0 saturated carbocycles. The maximum Gasteiger partial charge on any atom is 0.316 e. The highest BCUT2D eigenvalue weighted by atomic mass is 16.5. The quantitative estimate of drug-likeness (QED) is 0.711. The summed E-state index contributed by atoms with van der Waals surface area (Å²) in [5, 5.41) is 13.5. The van der Waals surface area contributed by atoms with Gasteiger partial charge in [0.25, 0.3) is 0 Å². The van der Waals surface area contributed by atoms with Gasteiger partial charge in [-0.3, -0.25) is 0 Å². The number of rotatable bonds is 7. The topological polar surface area (TPSA) is 99.5 Å². The van der Waals surface area contributed by atoms with Crippen LogP contribution in [0.25, 0.3) is 0 Å². The number of methoxy groups -OCH3 is 1. The number of aliphatic hydroxyl groups excluding tert-OH is 1. The zero-order chi connectivity index (χ0) is 18.5. The second kappa shape index (κ2) is 8.24. The van der Waals surface area contributed by atoms with Crippen LogP contribution in [0.2, 0.25) is 0 Å². The predicted octanol–water partition coefficient (Wildman–Crippen LogP) is 0.0706. The summed E-state index contributed by atoms with van der Waals surface area (Å²) in [4.78, 5) is 21.0. The first kappa shape index (κ1) is 18.3. The van der Waals surface area contributed by atoms with Gasteiger partial charge in [0.15, 0.2) is 0 Å². The Hall–Kier alpha value is -2.52. The minimum absolute atomic E-state index is 0.152. The number of aliphatic hydroxyl groups is 1. The minimum Gasteiger partial charge on any atom is -0.467 e. The molecule has 2 aromatic heterocycles. The number of anilines is 2. The van der Waals surface area contributed by atoms with E-state index in [2.05, 4.69) is 30.2 Å². The molecule has 1 fully saturated rings. The highest BCUT2D eigenvalue weighted by Gasteiger charge is 2.31. The summed E-state index contributed by atoms with van der Waals surface area (Å²) in [7, 11) is 5.44. The van der Waals surface area contributed by atoms with Gasteiger partial charge in [0.05, 0.1) is 18.9 Å². The molecule has 1 aliphatic heterocycles. The molecule has 3 heterocycles. The van der Waals surface area contributed by atoms with Gasteiger partial charge >= 0.3 is 6.01 Å². The molecule has 0 amide bonds. The second-order valence-electron chi connectivity index (χ2n) is 6.49. The lowest BCUT2D eigenvalue weighted by Crippen LogP contribution is -2.38. The highest BCUT2D eigenvalue weighted by molar-refractivity contribution is 5.51. The molecule has 2 aromatic rings. The van der Waals surface area contributed by atoms with Crippen LogP contribution in [-0.2, 0) is 6.54 Å². The van der Waals surface area contributed by atoms with Gasteiger partial charge in [-0.05, 0) is 12.5 Å². The molecule has 2 N–H and O–H groups in total. The molecule has 0 spiro atoms. The van der Waals surface area contributed by atoms with Crippen LogP contribution in [0.15, 0.2) is 24.7 Å². The molecule has 9 heteroatoms. The summed E-state index contributed by atoms with van der Waals surface area (Å²) in [6, 6.07) is 4.31. The van der Waals surface area contributed by atoms with Gasteiger partial charge in [0.2, 0.25) is 0 Å². The normalized spacial score (nSPS) is 19.6. The van der Waals surface area contributed by atoms with E-state index in [0.717, 1.165) is 17.3 Å². The monoisotopic (exact) mass is 359 g/mol. The van der Waals surface area contributed by atoms with E-state index in [1.54, 1.807) is 19.6 Å². The summed E-state index contributed by atoms with van der Waals surface area (Å²) < 4.78 is 5.04. The van der Waals surface area contributed by atoms with Crippen molar-refractivity contribution >= 4 is 11.6 Å². The van der Waals surface area contributed by atoms with Gasteiger partial charge in [-0.25, -0.2) is 15.0 Å². The van der Waals surface area contributed by atoms with Crippen LogP contribution < -0.4 is 19.9 Å². The molecule has 140 valence electrons. The number of ether oxygens (including phenoxy) is 1.